The molecule has 112 valence electrons. The molecule has 20 heavy (non-hydrogen) atoms. The van der Waals surface area contributed by atoms with Crippen LogP contribution in [0.25, 0.3) is 0 Å². The van der Waals surface area contributed by atoms with Crippen molar-refractivity contribution in [1.29, 1.82) is 0 Å². The minimum absolute atomic E-state index is 0.0781. The van der Waals surface area contributed by atoms with Crippen LogP contribution in [0.4, 0.5) is 10.5 Å². The zero-order valence-corrected chi connectivity index (χ0v) is 12.9. The number of carbonyl (C=O) groups is 1. The molecule has 0 atom stereocenters. The molecule has 0 fully saturated rings. The number of aliphatic hydroxyl groups is 1. The quantitative estimate of drug-likeness (QED) is 0.700. The number of benzene rings is 1. The third-order valence-corrected chi connectivity index (χ3v) is 3.39. The maximum atomic E-state index is 11.8. The van der Waals surface area contributed by atoms with Crippen LogP contribution in [0.2, 0.25) is 0 Å². The minimum Gasteiger partial charge on any atom is -0.396 e. The van der Waals surface area contributed by atoms with Gasteiger partial charge in [-0.2, -0.15) is 0 Å². The summed E-state index contributed by atoms with van der Waals surface area (Å²) in [5.74, 6) is 0. The Bertz CT molecular complexity index is 456. The highest BCUT2D eigenvalue weighted by atomic mass is 16.3. The molecule has 0 radical (unpaired) electrons. The predicted octanol–water partition coefficient (Wildman–Crippen LogP) is 3.22. The van der Waals surface area contributed by atoms with Gasteiger partial charge in [-0.1, -0.05) is 26.0 Å². The Morgan fingerprint density at radius 2 is 2.00 bits per heavy atom. The van der Waals surface area contributed by atoms with E-state index in [0.29, 0.717) is 6.54 Å². The van der Waals surface area contributed by atoms with Crippen LogP contribution in [0.15, 0.2) is 18.2 Å². The number of hydrogen-bond acceptors (Lipinski definition) is 2. The van der Waals surface area contributed by atoms with Crippen molar-refractivity contribution in [3.05, 3.63) is 29.3 Å². The van der Waals surface area contributed by atoms with Crippen LogP contribution in [0.1, 0.15) is 37.8 Å². The van der Waals surface area contributed by atoms with Gasteiger partial charge in [0, 0.05) is 18.8 Å². The summed E-state index contributed by atoms with van der Waals surface area (Å²) in [6.45, 7) is 8.78. The van der Waals surface area contributed by atoms with Crippen molar-refractivity contribution in [2.45, 2.75) is 40.5 Å². The molecule has 0 aliphatic heterocycles. The van der Waals surface area contributed by atoms with Crippen LogP contribution < -0.4 is 10.6 Å². The van der Waals surface area contributed by atoms with E-state index in [1.54, 1.807) is 0 Å². The number of carbonyl (C=O) groups excluding carboxylic acids is 1. The van der Waals surface area contributed by atoms with Crippen LogP contribution >= 0.6 is 0 Å². The van der Waals surface area contributed by atoms with Gasteiger partial charge < -0.3 is 15.7 Å². The van der Waals surface area contributed by atoms with Gasteiger partial charge in [0.25, 0.3) is 0 Å². The molecular weight excluding hydrogens is 252 g/mol. The van der Waals surface area contributed by atoms with Gasteiger partial charge in [0.2, 0.25) is 0 Å². The molecule has 0 saturated heterocycles. The number of aryl methyl sites for hydroxylation is 2. The number of urea groups is 1. The predicted molar refractivity (Wildman–Crippen MR) is 83.0 cm³/mol. The highest BCUT2D eigenvalue weighted by molar-refractivity contribution is 5.90. The first kappa shape index (κ1) is 16.5. The fourth-order valence-corrected chi connectivity index (χ4v) is 1.88. The molecule has 0 unspecified atom stereocenters. The number of hydrogen-bond donors (Lipinski definition) is 3. The SMILES string of the molecule is Cc1ccc(C)c(NC(=O)NCCCC(C)(C)CO)c1. The molecule has 0 bridgehead atoms. The van der Waals surface area contributed by atoms with Crippen LogP contribution in [0.5, 0.6) is 0 Å². The molecule has 3 N–H and O–H groups in total. The molecule has 0 aliphatic carbocycles. The normalized spacial score (nSPS) is 11.2. The molecule has 4 heteroatoms. The molecule has 1 aromatic rings. The molecule has 4 nitrogen and oxygen atoms in total. The highest BCUT2D eigenvalue weighted by Gasteiger charge is 2.15. The van der Waals surface area contributed by atoms with E-state index in [4.69, 9.17) is 5.11 Å². The van der Waals surface area contributed by atoms with Gasteiger partial charge in [0.1, 0.15) is 0 Å². The Hall–Kier alpha value is -1.55. The van der Waals surface area contributed by atoms with Gasteiger partial charge in [-0.3, -0.25) is 0 Å². The summed E-state index contributed by atoms with van der Waals surface area (Å²) in [5.41, 5.74) is 2.94. The number of rotatable bonds is 6. The van der Waals surface area contributed by atoms with Gasteiger partial charge in [-0.05, 0) is 49.3 Å². The van der Waals surface area contributed by atoms with E-state index in [9.17, 15) is 4.79 Å². The topological polar surface area (TPSA) is 61.4 Å². The van der Waals surface area contributed by atoms with Gasteiger partial charge in [-0.25, -0.2) is 4.79 Å². The van der Waals surface area contributed by atoms with Crippen molar-refractivity contribution in [3.63, 3.8) is 0 Å². The summed E-state index contributed by atoms with van der Waals surface area (Å²) in [6.07, 6.45) is 1.74. The Morgan fingerprint density at radius 3 is 2.65 bits per heavy atom. The summed E-state index contributed by atoms with van der Waals surface area (Å²) >= 11 is 0. The lowest BCUT2D eigenvalue weighted by atomic mass is 9.89. The lowest BCUT2D eigenvalue weighted by Gasteiger charge is -2.21. The summed E-state index contributed by atoms with van der Waals surface area (Å²) in [4.78, 5) is 11.8. The lowest BCUT2D eigenvalue weighted by Crippen LogP contribution is -2.30. The molecule has 1 aromatic carbocycles. The number of amides is 2. The van der Waals surface area contributed by atoms with Crippen molar-refractivity contribution in [1.82, 2.24) is 5.32 Å². The third kappa shape index (κ3) is 5.61. The standard InChI is InChI=1S/C16H26N2O2/c1-12-6-7-13(2)14(10-12)18-15(20)17-9-5-8-16(3,4)11-19/h6-7,10,19H,5,8-9,11H2,1-4H3,(H2,17,18,20). The zero-order chi connectivity index (χ0) is 15.2. The number of anilines is 1. The molecule has 0 aromatic heterocycles. The largest absolute Gasteiger partial charge is 0.396 e. The monoisotopic (exact) mass is 278 g/mol. The molecule has 0 spiro atoms. The van der Waals surface area contributed by atoms with Crippen molar-refractivity contribution >= 4 is 11.7 Å². The third-order valence-electron chi connectivity index (χ3n) is 3.39. The smallest absolute Gasteiger partial charge is 0.319 e. The number of aliphatic hydroxyl groups excluding tert-OH is 1. The van der Waals surface area contributed by atoms with Gasteiger partial charge in [0.15, 0.2) is 0 Å². The Balaban J connectivity index is 2.36. The van der Waals surface area contributed by atoms with E-state index in [1.165, 1.54) is 0 Å². The van der Waals surface area contributed by atoms with Crippen LogP contribution in [0, 0.1) is 19.3 Å². The van der Waals surface area contributed by atoms with Gasteiger partial charge >= 0.3 is 6.03 Å². The minimum atomic E-state index is -0.180. The van der Waals surface area contributed by atoms with Crippen LogP contribution in [0.3, 0.4) is 0 Å². The van der Waals surface area contributed by atoms with E-state index in [1.807, 2.05) is 45.9 Å². The first-order valence-corrected chi connectivity index (χ1v) is 7.07. The van der Waals surface area contributed by atoms with E-state index < -0.39 is 0 Å². The van der Waals surface area contributed by atoms with Crippen molar-refractivity contribution < 1.29 is 9.90 Å². The first-order chi connectivity index (χ1) is 9.34. The van der Waals surface area contributed by atoms with Crippen LogP contribution in [-0.2, 0) is 0 Å². The van der Waals surface area contributed by atoms with E-state index >= 15 is 0 Å². The van der Waals surface area contributed by atoms with Crippen molar-refractivity contribution in [2.24, 2.45) is 5.41 Å². The fraction of sp³-hybridized carbons (Fsp3) is 0.562. The van der Waals surface area contributed by atoms with Crippen molar-refractivity contribution in [3.8, 4) is 0 Å². The van der Waals surface area contributed by atoms with E-state index in [-0.39, 0.29) is 18.1 Å². The second-order valence-corrected chi connectivity index (χ2v) is 6.13. The second kappa shape index (κ2) is 7.29. The van der Waals surface area contributed by atoms with E-state index in [2.05, 4.69) is 10.6 Å². The van der Waals surface area contributed by atoms with Gasteiger partial charge in [0.05, 0.1) is 0 Å². The molecule has 2 amide bonds. The highest BCUT2D eigenvalue weighted by Crippen LogP contribution is 2.20. The summed E-state index contributed by atoms with van der Waals surface area (Å²) in [5, 5.41) is 14.9. The summed E-state index contributed by atoms with van der Waals surface area (Å²) in [6, 6.07) is 5.80. The molecule has 1 rings (SSSR count). The molecule has 0 aliphatic rings. The van der Waals surface area contributed by atoms with Crippen molar-refractivity contribution in [2.75, 3.05) is 18.5 Å². The molecular formula is C16H26N2O2. The van der Waals surface area contributed by atoms with E-state index in [0.717, 1.165) is 29.7 Å². The molecule has 0 saturated carbocycles. The zero-order valence-electron chi connectivity index (χ0n) is 12.9. The average molecular weight is 278 g/mol. The van der Waals surface area contributed by atoms with Crippen LogP contribution in [-0.4, -0.2) is 24.3 Å². The van der Waals surface area contributed by atoms with Gasteiger partial charge in [-0.15, -0.1) is 0 Å². The molecule has 0 heterocycles. The first-order valence-electron chi connectivity index (χ1n) is 7.07. The summed E-state index contributed by atoms with van der Waals surface area (Å²) < 4.78 is 0. The second-order valence-electron chi connectivity index (χ2n) is 6.13. The average Bonchev–Trinajstić information content (AvgIpc) is 2.39. The Kier molecular flexibility index (Phi) is 6.02. The maximum Gasteiger partial charge on any atom is 0.319 e. The number of nitrogens with one attached hydrogen (secondary N) is 2. The maximum absolute atomic E-state index is 11.8. The summed E-state index contributed by atoms with van der Waals surface area (Å²) in [7, 11) is 0. The lowest BCUT2D eigenvalue weighted by molar-refractivity contribution is 0.148. The fourth-order valence-electron chi connectivity index (χ4n) is 1.88. The Labute approximate surface area is 121 Å². The Morgan fingerprint density at radius 1 is 1.30 bits per heavy atom.